The number of benzene rings is 7. The van der Waals surface area contributed by atoms with Gasteiger partial charge in [0.05, 0.1) is 6.20 Å². The lowest BCUT2D eigenvalue weighted by atomic mass is 10.0. The molecule has 0 unspecified atom stereocenters. The van der Waals surface area contributed by atoms with E-state index in [-0.39, 0.29) is 0 Å². The van der Waals surface area contributed by atoms with Gasteiger partial charge in [-0.25, -0.2) is 24.9 Å². The summed E-state index contributed by atoms with van der Waals surface area (Å²) in [6.45, 7) is 0. The molecule has 0 saturated carbocycles. The summed E-state index contributed by atoms with van der Waals surface area (Å²) in [4.78, 5) is 24.8. The number of hydrogen-bond acceptors (Lipinski definition) is 7. The average molecular weight is 738 g/mol. The maximum atomic E-state index is 6.27. The Kier molecular flexibility index (Phi) is 8.59. The molecule has 3 aromatic heterocycles. The van der Waals surface area contributed by atoms with Crippen LogP contribution in [0.3, 0.4) is 0 Å². The van der Waals surface area contributed by atoms with Crippen molar-refractivity contribution >= 4 is 31.5 Å². The lowest BCUT2D eigenvalue weighted by molar-refractivity contribution is 0.480. The van der Waals surface area contributed by atoms with E-state index in [0.717, 1.165) is 60.3 Å². The second-order valence-electron chi connectivity index (χ2n) is 13.3. The fourth-order valence-corrected chi connectivity index (χ4v) is 7.98. The van der Waals surface area contributed by atoms with Gasteiger partial charge in [-0.15, -0.1) is 11.3 Å². The molecule has 56 heavy (non-hydrogen) atoms. The molecular weight excluding hydrogens is 707 g/mol. The zero-order valence-electron chi connectivity index (χ0n) is 30.0. The molecule has 0 saturated heterocycles. The number of fused-ring (bicyclic) bond motifs is 3. The highest BCUT2D eigenvalue weighted by atomic mass is 32.1. The van der Waals surface area contributed by atoms with E-state index in [0.29, 0.717) is 29.0 Å². The average Bonchev–Trinajstić information content (AvgIpc) is 3.65. The van der Waals surface area contributed by atoms with E-state index < -0.39 is 0 Å². The Labute approximate surface area is 327 Å². The quantitative estimate of drug-likeness (QED) is 0.155. The standard InChI is InChI=1S/C49H31N5OS/c1-5-13-32(14-6-1)33-21-23-36(24-22-33)48-52-47(35-17-9-3-10-18-35)53-49(54-48)38-25-27-40-41-29-37(26-28-43(41)56-44(40)30-38)46-50-31-42(55-39-19-11-4-12-20-39)45(51-46)34-15-7-2-8-16-34/h1-31H. The first kappa shape index (κ1) is 33.2. The minimum Gasteiger partial charge on any atom is -0.453 e. The van der Waals surface area contributed by atoms with Gasteiger partial charge >= 0.3 is 0 Å². The largest absolute Gasteiger partial charge is 0.453 e. The Morgan fingerprint density at radius 1 is 0.357 bits per heavy atom. The summed E-state index contributed by atoms with van der Waals surface area (Å²) in [7, 11) is 0. The zero-order valence-corrected chi connectivity index (χ0v) is 30.8. The van der Waals surface area contributed by atoms with Gasteiger partial charge in [0.25, 0.3) is 0 Å². The lowest BCUT2D eigenvalue weighted by Gasteiger charge is -2.12. The molecule has 264 valence electrons. The molecule has 7 aromatic carbocycles. The van der Waals surface area contributed by atoms with Gasteiger partial charge < -0.3 is 4.74 Å². The van der Waals surface area contributed by atoms with Gasteiger partial charge in [0, 0.05) is 48.0 Å². The van der Waals surface area contributed by atoms with Crippen LogP contribution < -0.4 is 4.74 Å². The second-order valence-corrected chi connectivity index (χ2v) is 14.4. The van der Waals surface area contributed by atoms with Crippen molar-refractivity contribution in [1.82, 2.24) is 24.9 Å². The van der Waals surface area contributed by atoms with E-state index in [1.165, 1.54) is 10.3 Å². The lowest BCUT2D eigenvalue weighted by Crippen LogP contribution is -2.00. The molecule has 0 N–H and O–H groups in total. The van der Waals surface area contributed by atoms with Crippen molar-refractivity contribution in [3.8, 4) is 79.4 Å². The van der Waals surface area contributed by atoms with Gasteiger partial charge in [0.2, 0.25) is 0 Å². The van der Waals surface area contributed by atoms with Crippen LogP contribution in [-0.2, 0) is 0 Å². The molecule has 0 spiro atoms. The number of hydrogen-bond donors (Lipinski definition) is 0. The number of thiophene rings is 1. The Balaban J connectivity index is 1.02. The van der Waals surface area contributed by atoms with Crippen LogP contribution in [0.25, 0.3) is 88.1 Å². The summed E-state index contributed by atoms with van der Waals surface area (Å²) in [6, 6.07) is 61.5. The molecule has 7 heteroatoms. The molecule has 0 amide bonds. The van der Waals surface area contributed by atoms with Crippen molar-refractivity contribution in [1.29, 1.82) is 0 Å². The van der Waals surface area contributed by atoms with E-state index in [1.807, 2.05) is 97.1 Å². The normalized spacial score (nSPS) is 11.2. The highest BCUT2D eigenvalue weighted by Crippen LogP contribution is 2.39. The maximum Gasteiger partial charge on any atom is 0.172 e. The van der Waals surface area contributed by atoms with E-state index in [4.69, 9.17) is 29.7 Å². The number of aromatic nitrogens is 5. The van der Waals surface area contributed by atoms with Gasteiger partial charge in [0.1, 0.15) is 11.4 Å². The minimum absolute atomic E-state index is 0.599. The highest BCUT2D eigenvalue weighted by Gasteiger charge is 2.17. The van der Waals surface area contributed by atoms with Gasteiger partial charge in [-0.2, -0.15) is 0 Å². The van der Waals surface area contributed by atoms with Crippen LogP contribution >= 0.6 is 11.3 Å². The van der Waals surface area contributed by atoms with Crippen LogP contribution in [0.2, 0.25) is 0 Å². The number of ether oxygens (including phenoxy) is 1. The monoisotopic (exact) mass is 737 g/mol. The third kappa shape index (κ3) is 6.57. The summed E-state index contributed by atoms with van der Waals surface area (Å²) in [5, 5.41) is 2.29. The predicted molar refractivity (Wildman–Crippen MR) is 227 cm³/mol. The van der Waals surface area contributed by atoms with Crippen molar-refractivity contribution in [3.05, 3.63) is 188 Å². The molecule has 10 aromatic rings. The van der Waals surface area contributed by atoms with Crippen LogP contribution in [0.15, 0.2) is 188 Å². The fraction of sp³-hybridized carbons (Fsp3) is 0. The topological polar surface area (TPSA) is 73.7 Å². The van der Waals surface area contributed by atoms with Crippen LogP contribution in [0.5, 0.6) is 11.5 Å². The third-order valence-electron chi connectivity index (χ3n) is 9.68. The SMILES string of the molecule is c1ccc(Oc2cnc(-c3ccc4sc5cc(-c6nc(-c7ccccc7)nc(-c7ccc(-c8ccccc8)cc7)n6)ccc5c4c3)nc2-c2ccccc2)cc1. The van der Waals surface area contributed by atoms with E-state index in [1.54, 1.807) is 17.5 Å². The first-order chi connectivity index (χ1) is 27.7. The van der Waals surface area contributed by atoms with Gasteiger partial charge in [-0.3, -0.25) is 0 Å². The Morgan fingerprint density at radius 2 is 0.857 bits per heavy atom. The molecule has 0 aliphatic carbocycles. The Hall–Kier alpha value is -7.35. The van der Waals surface area contributed by atoms with E-state index >= 15 is 0 Å². The molecule has 0 fully saturated rings. The molecular formula is C49H31N5OS. The maximum absolute atomic E-state index is 6.27. The highest BCUT2D eigenvalue weighted by molar-refractivity contribution is 7.25. The van der Waals surface area contributed by atoms with E-state index in [2.05, 4.69) is 84.9 Å². The van der Waals surface area contributed by atoms with Crippen LogP contribution in [0.4, 0.5) is 0 Å². The van der Waals surface area contributed by atoms with Crippen LogP contribution in [-0.4, -0.2) is 24.9 Å². The van der Waals surface area contributed by atoms with Crippen molar-refractivity contribution in [2.75, 3.05) is 0 Å². The van der Waals surface area contributed by atoms with Crippen molar-refractivity contribution < 1.29 is 4.74 Å². The van der Waals surface area contributed by atoms with Crippen LogP contribution in [0, 0.1) is 0 Å². The summed E-state index contributed by atoms with van der Waals surface area (Å²) < 4.78 is 8.58. The number of rotatable bonds is 8. The van der Waals surface area contributed by atoms with E-state index in [9.17, 15) is 0 Å². The van der Waals surface area contributed by atoms with Crippen LogP contribution in [0.1, 0.15) is 0 Å². The third-order valence-corrected chi connectivity index (χ3v) is 10.8. The fourth-order valence-electron chi connectivity index (χ4n) is 6.85. The summed E-state index contributed by atoms with van der Waals surface area (Å²) in [6.07, 6.45) is 1.77. The molecule has 0 bridgehead atoms. The molecule has 0 aliphatic heterocycles. The number of nitrogens with zero attached hydrogens (tertiary/aromatic N) is 5. The molecule has 0 aliphatic rings. The number of para-hydroxylation sites is 1. The molecule has 3 heterocycles. The summed E-state index contributed by atoms with van der Waals surface area (Å²) in [5.74, 6) is 3.85. The smallest absolute Gasteiger partial charge is 0.172 e. The first-order valence-corrected chi connectivity index (χ1v) is 19.1. The molecule has 10 rings (SSSR count). The first-order valence-electron chi connectivity index (χ1n) is 18.3. The van der Waals surface area contributed by atoms with Crippen molar-refractivity contribution in [3.63, 3.8) is 0 Å². The van der Waals surface area contributed by atoms with Crippen molar-refractivity contribution in [2.24, 2.45) is 0 Å². The molecule has 0 radical (unpaired) electrons. The summed E-state index contributed by atoms with van der Waals surface area (Å²) in [5.41, 5.74) is 7.72. The Bertz CT molecular complexity index is 2970. The predicted octanol–water partition coefficient (Wildman–Crippen LogP) is 12.8. The molecule has 6 nitrogen and oxygen atoms in total. The van der Waals surface area contributed by atoms with Crippen molar-refractivity contribution in [2.45, 2.75) is 0 Å². The van der Waals surface area contributed by atoms with Gasteiger partial charge in [-0.1, -0.05) is 146 Å². The minimum atomic E-state index is 0.599. The van der Waals surface area contributed by atoms with Gasteiger partial charge in [-0.05, 0) is 47.5 Å². The summed E-state index contributed by atoms with van der Waals surface area (Å²) >= 11 is 1.75. The Morgan fingerprint density at radius 3 is 1.54 bits per heavy atom. The molecule has 0 atom stereocenters. The second kappa shape index (κ2) is 14.5. The zero-order chi connectivity index (χ0) is 37.3. The van der Waals surface area contributed by atoms with Gasteiger partial charge in [0.15, 0.2) is 29.0 Å².